The largest absolute Gasteiger partial charge is 0.258 e. The fraction of sp³-hybridized carbons (Fsp3) is 0.0625. The number of pyridine rings is 1. The summed E-state index contributed by atoms with van der Waals surface area (Å²) in [5.74, 6) is 3.69. The molecule has 0 radical (unpaired) electrons. The predicted molar refractivity (Wildman–Crippen MR) is 216 cm³/mol. The molecule has 0 fully saturated rings. The molecule has 0 N–H and O–H groups in total. The molecule has 0 aliphatic carbocycles. The third kappa shape index (κ3) is 5.30. The van der Waals surface area contributed by atoms with E-state index in [2.05, 4.69) is 152 Å². The van der Waals surface area contributed by atoms with Crippen molar-refractivity contribution in [3.8, 4) is 23.6 Å². The van der Waals surface area contributed by atoms with Gasteiger partial charge >= 0.3 is 0 Å². The Balaban J connectivity index is 1.24. The lowest BCUT2D eigenvalue weighted by Crippen LogP contribution is -2.18. The van der Waals surface area contributed by atoms with Crippen molar-refractivity contribution >= 4 is 60.7 Å². The lowest BCUT2D eigenvalue weighted by atomic mass is 9.86. The molecule has 0 amide bonds. The van der Waals surface area contributed by atoms with Gasteiger partial charge in [-0.05, 0) is 74.0 Å². The van der Waals surface area contributed by atoms with Gasteiger partial charge in [-0.1, -0.05) is 139 Å². The van der Waals surface area contributed by atoms with Gasteiger partial charge in [0.15, 0.2) is 5.84 Å². The van der Waals surface area contributed by atoms with E-state index in [-0.39, 0.29) is 6.04 Å². The molecular formula is C48H33N3. The van der Waals surface area contributed by atoms with Crippen molar-refractivity contribution in [1.29, 1.82) is 0 Å². The van der Waals surface area contributed by atoms with Gasteiger partial charge in [-0.3, -0.25) is 9.98 Å². The first-order valence-electron chi connectivity index (χ1n) is 17.4. The minimum Gasteiger partial charge on any atom is -0.258 e. The Morgan fingerprint density at radius 1 is 0.647 bits per heavy atom. The summed E-state index contributed by atoms with van der Waals surface area (Å²) in [4.78, 5) is 15.6. The maximum atomic E-state index is 6.17. The molecule has 0 bridgehead atoms. The highest BCUT2D eigenvalue weighted by Gasteiger charge is 2.26. The summed E-state index contributed by atoms with van der Waals surface area (Å²) in [5.41, 5.74) is 8.15. The number of hydrogen-bond acceptors (Lipinski definition) is 3. The molecule has 240 valence electrons. The van der Waals surface area contributed by atoms with Crippen LogP contribution in [0.5, 0.6) is 0 Å². The zero-order chi connectivity index (χ0) is 34.3. The van der Waals surface area contributed by atoms with Crippen molar-refractivity contribution in [3.63, 3.8) is 0 Å². The quantitative estimate of drug-likeness (QED) is 0.135. The van der Waals surface area contributed by atoms with E-state index in [1.54, 1.807) is 0 Å². The number of rotatable bonds is 5. The average molecular weight is 652 g/mol. The first-order valence-corrected chi connectivity index (χ1v) is 17.4. The van der Waals surface area contributed by atoms with E-state index in [0.717, 1.165) is 60.9 Å². The van der Waals surface area contributed by atoms with Crippen LogP contribution in [0, 0.1) is 12.3 Å². The summed E-state index contributed by atoms with van der Waals surface area (Å²) in [5, 5.41) is 9.41. The molecule has 1 aromatic heterocycles. The van der Waals surface area contributed by atoms with E-state index >= 15 is 0 Å². The number of aromatic nitrogens is 1. The molecule has 51 heavy (non-hydrogen) atoms. The minimum absolute atomic E-state index is 0.200. The third-order valence-corrected chi connectivity index (χ3v) is 10.0. The van der Waals surface area contributed by atoms with Crippen LogP contribution in [-0.2, 0) is 0 Å². The van der Waals surface area contributed by atoms with Crippen LogP contribution >= 0.6 is 0 Å². The molecule has 9 rings (SSSR count). The predicted octanol–water partition coefficient (Wildman–Crippen LogP) is 11.8. The van der Waals surface area contributed by atoms with Crippen LogP contribution in [0.2, 0.25) is 0 Å². The molecule has 3 nitrogen and oxygen atoms in total. The average Bonchev–Trinajstić information content (AvgIpc) is 3.20. The van der Waals surface area contributed by atoms with Gasteiger partial charge in [0, 0.05) is 40.3 Å². The second-order valence-electron chi connectivity index (χ2n) is 13.0. The SMILES string of the molecule is C#Cc1cc(C2CC(c3cc4ccccc4c4ccccc34)=NC(c3ccc(-c4nccc5ccccc45)cc3)=N2)c2ccccc2c1/C=C\C. The van der Waals surface area contributed by atoms with Gasteiger partial charge < -0.3 is 0 Å². The van der Waals surface area contributed by atoms with E-state index in [0.29, 0.717) is 12.3 Å². The maximum Gasteiger partial charge on any atom is 0.155 e. The van der Waals surface area contributed by atoms with Crippen molar-refractivity contribution in [2.24, 2.45) is 9.98 Å². The summed E-state index contributed by atoms with van der Waals surface area (Å²) in [6, 6.07) is 49.0. The number of hydrogen-bond donors (Lipinski definition) is 0. The van der Waals surface area contributed by atoms with Gasteiger partial charge in [0.25, 0.3) is 0 Å². The van der Waals surface area contributed by atoms with Gasteiger partial charge in [-0.25, -0.2) is 4.99 Å². The molecule has 0 saturated carbocycles. The Labute approximate surface area is 297 Å². The van der Waals surface area contributed by atoms with Gasteiger partial charge in [-0.15, -0.1) is 6.42 Å². The van der Waals surface area contributed by atoms with Crippen LogP contribution in [0.4, 0.5) is 0 Å². The Bertz CT molecular complexity index is 2790. The summed E-state index contributed by atoms with van der Waals surface area (Å²) in [6.45, 7) is 2.03. The topological polar surface area (TPSA) is 37.6 Å². The highest BCUT2D eigenvalue weighted by atomic mass is 15.0. The number of fused-ring (bicyclic) bond motifs is 5. The van der Waals surface area contributed by atoms with E-state index in [1.165, 1.54) is 26.9 Å². The first-order chi connectivity index (χ1) is 25.2. The van der Waals surface area contributed by atoms with E-state index in [4.69, 9.17) is 21.4 Å². The number of allylic oxidation sites excluding steroid dienone is 1. The summed E-state index contributed by atoms with van der Waals surface area (Å²) >= 11 is 0. The summed E-state index contributed by atoms with van der Waals surface area (Å²) in [6.07, 6.45) is 12.8. The van der Waals surface area contributed by atoms with Crippen molar-refractivity contribution in [1.82, 2.24) is 4.98 Å². The number of terminal acetylenes is 1. The fourth-order valence-electron chi connectivity index (χ4n) is 7.65. The highest BCUT2D eigenvalue weighted by molar-refractivity contribution is 6.23. The molecule has 7 aromatic carbocycles. The molecule has 1 unspecified atom stereocenters. The second-order valence-corrected chi connectivity index (χ2v) is 13.0. The molecule has 3 heteroatoms. The number of benzene rings is 7. The zero-order valence-corrected chi connectivity index (χ0v) is 28.2. The summed E-state index contributed by atoms with van der Waals surface area (Å²) < 4.78 is 0. The van der Waals surface area contributed by atoms with E-state index in [1.807, 2.05) is 19.2 Å². The molecule has 1 atom stereocenters. The van der Waals surface area contributed by atoms with Crippen molar-refractivity contribution in [2.75, 3.05) is 0 Å². The Morgan fingerprint density at radius 2 is 1.29 bits per heavy atom. The lowest BCUT2D eigenvalue weighted by molar-refractivity contribution is 0.760. The molecule has 2 heterocycles. The zero-order valence-electron chi connectivity index (χ0n) is 28.2. The van der Waals surface area contributed by atoms with Crippen molar-refractivity contribution in [3.05, 3.63) is 180 Å². The number of nitrogens with zero attached hydrogens (tertiary/aromatic N) is 3. The maximum absolute atomic E-state index is 6.17. The minimum atomic E-state index is -0.200. The van der Waals surface area contributed by atoms with E-state index < -0.39 is 0 Å². The van der Waals surface area contributed by atoms with Crippen LogP contribution in [-0.4, -0.2) is 16.5 Å². The fourth-order valence-corrected chi connectivity index (χ4v) is 7.65. The molecule has 0 saturated heterocycles. The standard InChI is InChI=1S/C48H33N3/c1-3-13-36-31(4-2)28-43(41-20-11-9-18-39(36)41)45-30-46(44-29-35-15-6-7-16-37(35)40-19-10-12-21-42(40)44)51-48(50-45)34-24-22-33(23-25-34)47-38-17-8-5-14-32(38)26-27-49-47/h2-3,5-29,45H,30H2,1H3/b13-3-. The van der Waals surface area contributed by atoms with Crippen LogP contribution in [0.3, 0.4) is 0 Å². The normalized spacial score (nSPS) is 14.6. The Morgan fingerprint density at radius 3 is 2.06 bits per heavy atom. The molecule has 1 aliphatic rings. The van der Waals surface area contributed by atoms with Crippen LogP contribution in [0.1, 0.15) is 47.2 Å². The number of amidine groups is 1. The summed E-state index contributed by atoms with van der Waals surface area (Å²) in [7, 11) is 0. The molecular weight excluding hydrogens is 619 g/mol. The Hall–Kier alpha value is -6.63. The van der Waals surface area contributed by atoms with Gasteiger partial charge in [0.1, 0.15) is 0 Å². The van der Waals surface area contributed by atoms with Crippen molar-refractivity contribution in [2.45, 2.75) is 19.4 Å². The second kappa shape index (κ2) is 12.7. The van der Waals surface area contributed by atoms with Crippen molar-refractivity contribution < 1.29 is 0 Å². The molecule has 1 aliphatic heterocycles. The van der Waals surface area contributed by atoms with Gasteiger partial charge in [0.2, 0.25) is 0 Å². The number of aliphatic imine (C=N–C) groups is 2. The van der Waals surface area contributed by atoms with Crippen LogP contribution in [0.15, 0.2) is 162 Å². The monoisotopic (exact) mass is 651 g/mol. The Kier molecular flexibility index (Phi) is 7.56. The molecule has 0 spiro atoms. The smallest absolute Gasteiger partial charge is 0.155 e. The van der Waals surface area contributed by atoms with Gasteiger partial charge in [0.05, 0.1) is 17.4 Å². The molecule has 8 aromatic rings. The lowest BCUT2D eigenvalue weighted by Gasteiger charge is -2.24. The first kappa shape index (κ1) is 30.4. The third-order valence-electron chi connectivity index (χ3n) is 10.0. The van der Waals surface area contributed by atoms with Gasteiger partial charge in [-0.2, -0.15) is 0 Å². The highest BCUT2D eigenvalue weighted by Crippen LogP contribution is 2.39. The van der Waals surface area contributed by atoms with E-state index in [9.17, 15) is 0 Å². The van der Waals surface area contributed by atoms with Crippen LogP contribution < -0.4 is 0 Å². The van der Waals surface area contributed by atoms with Crippen LogP contribution in [0.25, 0.3) is 60.4 Å².